The largest absolute Gasteiger partial charge is 0.375 e. The summed E-state index contributed by atoms with van der Waals surface area (Å²) in [6.07, 6.45) is 8.23. The normalized spacial score (nSPS) is 25.8. The smallest absolute Gasteiger partial charge is 0.194 e. The zero-order chi connectivity index (χ0) is 15.9. The molecule has 1 N–H and O–H groups in total. The Morgan fingerprint density at radius 1 is 1.35 bits per heavy atom. The first-order valence-electron chi connectivity index (χ1n) is 8.59. The second kappa shape index (κ2) is 8.31. The van der Waals surface area contributed by atoms with Crippen molar-refractivity contribution in [3.8, 4) is 0 Å². The van der Waals surface area contributed by atoms with Crippen LogP contribution >= 0.6 is 0 Å². The number of guanidine groups is 1. The maximum absolute atomic E-state index is 5.92. The lowest BCUT2D eigenvalue weighted by Gasteiger charge is -2.37. The van der Waals surface area contributed by atoms with E-state index in [0.29, 0.717) is 0 Å². The Morgan fingerprint density at radius 3 is 3.00 bits per heavy atom. The molecule has 7 heteroatoms. The lowest BCUT2D eigenvalue weighted by molar-refractivity contribution is -0.0817. The number of rotatable bonds is 5. The number of hydrogen-bond acceptors (Lipinski definition) is 4. The fraction of sp³-hybridized carbons (Fsp3) is 0.750. The van der Waals surface area contributed by atoms with Gasteiger partial charge in [-0.2, -0.15) is 0 Å². The molecule has 2 aliphatic rings. The molecule has 23 heavy (non-hydrogen) atoms. The zero-order valence-electron chi connectivity index (χ0n) is 13.9. The van der Waals surface area contributed by atoms with Gasteiger partial charge in [-0.3, -0.25) is 4.99 Å². The summed E-state index contributed by atoms with van der Waals surface area (Å²) in [5.74, 6) is 0.971. The average molecular weight is 321 g/mol. The van der Waals surface area contributed by atoms with Gasteiger partial charge in [0.1, 0.15) is 6.10 Å². The van der Waals surface area contributed by atoms with Gasteiger partial charge in [0.2, 0.25) is 0 Å². The number of imidazole rings is 1. The Morgan fingerprint density at radius 2 is 2.26 bits per heavy atom. The fourth-order valence-corrected chi connectivity index (χ4v) is 3.10. The number of aromatic nitrogens is 2. The van der Waals surface area contributed by atoms with Crippen LogP contribution in [-0.4, -0.2) is 72.0 Å². The molecule has 2 aliphatic heterocycles. The van der Waals surface area contributed by atoms with Crippen LogP contribution in [0.4, 0.5) is 0 Å². The van der Waals surface area contributed by atoms with Gasteiger partial charge in [-0.15, -0.1) is 0 Å². The van der Waals surface area contributed by atoms with Gasteiger partial charge in [0.25, 0.3) is 0 Å². The number of morpholine rings is 1. The molecule has 2 fully saturated rings. The summed E-state index contributed by atoms with van der Waals surface area (Å²) in [6.45, 7) is 7.87. The van der Waals surface area contributed by atoms with Crippen LogP contribution in [0, 0.1) is 0 Å². The third-order valence-corrected chi connectivity index (χ3v) is 4.29. The molecular formula is C16H27N5O2. The highest BCUT2D eigenvalue weighted by molar-refractivity contribution is 5.80. The highest BCUT2D eigenvalue weighted by Crippen LogP contribution is 2.21. The van der Waals surface area contributed by atoms with E-state index in [-0.39, 0.29) is 12.2 Å². The van der Waals surface area contributed by atoms with Crippen LogP contribution in [0.1, 0.15) is 19.8 Å². The van der Waals surface area contributed by atoms with Gasteiger partial charge in [0.05, 0.1) is 25.6 Å². The van der Waals surface area contributed by atoms with E-state index in [9.17, 15) is 0 Å². The first kappa shape index (κ1) is 16.3. The summed E-state index contributed by atoms with van der Waals surface area (Å²) in [5, 5.41) is 3.40. The van der Waals surface area contributed by atoms with E-state index in [1.54, 1.807) is 6.20 Å². The van der Waals surface area contributed by atoms with Crippen molar-refractivity contribution < 1.29 is 9.47 Å². The lowest BCUT2D eigenvalue weighted by atomic mass is 10.1. The molecule has 0 aliphatic carbocycles. The van der Waals surface area contributed by atoms with Crippen molar-refractivity contribution in [1.29, 1.82) is 0 Å². The van der Waals surface area contributed by atoms with Crippen LogP contribution in [0.2, 0.25) is 0 Å². The third-order valence-electron chi connectivity index (χ3n) is 4.29. The van der Waals surface area contributed by atoms with Crippen LogP contribution in [0.15, 0.2) is 23.7 Å². The second-order valence-corrected chi connectivity index (χ2v) is 5.94. The summed E-state index contributed by atoms with van der Waals surface area (Å²) < 4.78 is 13.8. The number of hydrogen-bond donors (Lipinski definition) is 1. The van der Waals surface area contributed by atoms with E-state index in [0.717, 1.165) is 64.7 Å². The molecule has 0 aromatic carbocycles. The summed E-state index contributed by atoms with van der Waals surface area (Å²) in [4.78, 5) is 11.1. The second-order valence-electron chi connectivity index (χ2n) is 5.94. The van der Waals surface area contributed by atoms with Gasteiger partial charge in [-0.25, -0.2) is 4.98 Å². The number of nitrogens with zero attached hydrogens (tertiary/aromatic N) is 4. The standard InChI is InChI=1S/C16H27N5O2/c1-2-18-16(19-6-8-20-7-5-17-13-20)21-9-11-23-15(12-21)14-4-3-10-22-14/h5,7,13-15H,2-4,6,8-12H2,1H3,(H,18,19). The van der Waals surface area contributed by atoms with Crippen molar-refractivity contribution >= 4 is 5.96 Å². The molecule has 0 radical (unpaired) electrons. The molecule has 0 bridgehead atoms. The number of aliphatic imine (C=N–C) groups is 1. The molecule has 0 amide bonds. The van der Waals surface area contributed by atoms with Gasteiger partial charge >= 0.3 is 0 Å². The third kappa shape index (κ3) is 4.45. The fourth-order valence-electron chi connectivity index (χ4n) is 3.10. The summed E-state index contributed by atoms with van der Waals surface area (Å²) in [6, 6.07) is 0. The molecule has 7 nitrogen and oxygen atoms in total. The zero-order valence-corrected chi connectivity index (χ0v) is 13.9. The Labute approximate surface area is 137 Å². The van der Waals surface area contributed by atoms with Crippen molar-refractivity contribution in [1.82, 2.24) is 19.8 Å². The van der Waals surface area contributed by atoms with Crippen molar-refractivity contribution in [2.24, 2.45) is 4.99 Å². The molecule has 2 saturated heterocycles. The quantitative estimate of drug-likeness (QED) is 0.640. The molecule has 2 atom stereocenters. The molecule has 2 unspecified atom stereocenters. The highest BCUT2D eigenvalue weighted by atomic mass is 16.5. The maximum Gasteiger partial charge on any atom is 0.194 e. The minimum absolute atomic E-state index is 0.156. The van der Waals surface area contributed by atoms with Crippen molar-refractivity contribution in [2.45, 2.75) is 38.5 Å². The topological polar surface area (TPSA) is 63.9 Å². The van der Waals surface area contributed by atoms with Crippen molar-refractivity contribution in [3.63, 3.8) is 0 Å². The average Bonchev–Trinajstić information content (AvgIpc) is 3.28. The minimum atomic E-state index is 0.156. The SMILES string of the molecule is CCNC(=NCCn1ccnc1)N1CCOC(C2CCCO2)C1. The lowest BCUT2D eigenvalue weighted by Crippen LogP contribution is -2.53. The van der Waals surface area contributed by atoms with E-state index in [2.05, 4.69) is 22.1 Å². The summed E-state index contributed by atoms with van der Waals surface area (Å²) in [7, 11) is 0. The van der Waals surface area contributed by atoms with Crippen LogP contribution in [-0.2, 0) is 16.0 Å². The molecule has 128 valence electrons. The van der Waals surface area contributed by atoms with E-state index >= 15 is 0 Å². The molecule has 0 saturated carbocycles. The van der Waals surface area contributed by atoms with E-state index in [4.69, 9.17) is 14.5 Å². The van der Waals surface area contributed by atoms with Crippen molar-refractivity contribution in [2.75, 3.05) is 39.4 Å². The molecule has 3 heterocycles. The molecule has 3 rings (SSSR count). The minimum Gasteiger partial charge on any atom is -0.375 e. The predicted molar refractivity (Wildman–Crippen MR) is 88.5 cm³/mol. The molecule has 0 spiro atoms. The Hall–Kier alpha value is -1.60. The Balaban J connectivity index is 1.57. The Kier molecular flexibility index (Phi) is 5.87. The van der Waals surface area contributed by atoms with E-state index in [1.807, 2.05) is 17.1 Å². The molecule has 1 aromatic heterocycles. The van der Waals surface area contributed by atoms with Gasteiger partial charge in [-0.05, 0) is 19.8 Å². The van der Waals surface area contributed by atoms with Crippen LogP contribution in [0.25, 0.3) is 0 Å². The van der Waals surface area contributed by atoms with E-state index < -0.39 is 0 Å². The van der Waals surface area contributed by atoms with Crippen LogP contribution in [0.5, 0.6) is 0 Å². The molecular weight excluding hydrogens is 294 g/mol. The van der Waals surface area contributed by atoms with Crippen LogP contribution in [0.3, 0.4) is 0 Å². The maximum atomic E-state index is 5.92. The van der Waals surface area contributed by atoms with Gasteiger partial charge in [0.15, 0.2) is 5.96 Å². The van der Waals surface area contributed by atoms with Crippen LogP contribution < -0.4 is 5.32 Å². The predicted octanol–water partition coefficient (Wildman–Crippen LogP) is 0.728. The van der Waals surface area contributed by atoms with E-state index in [1.165, 1.54) is 0 Å². The highest BCUT2D eigenvalue weighted by Gasteiger charge is 2.32. The van der Waals surface area contributed by atoms with Gasteiger partial charge in [0, 0.05) is 45.2 Å². The first-order valence-corrected chi connectivity index (χ1v) is 8.59. The van der Waals surface area contributed by atoms with Crippen molar-refractivity contribution in [3.05, 3.63) is 18.7 Å². The summed E-state index contributed by atoms with van der Waals surface area (Å²) >= 11 is 0. The number of ether oxygens (including phenoxy) is 2. The first-order chi connectivity index (χ1) is 11.4. The Bertz CT molecular complexity index is 485. The number of nitrogens with one attached hydrogen (secondary N) is 1. The summed E-state index contributed by atoms with van der Waals surface area (Å²) in [5.41, 5.74) is 0. The monoisotopic (exact) mass is 321 g/mol. The molecule has 1 aromatic rings. The van der Waals surface area contributed by atoms with Gasteiger partial charge in [-0.1, -0.05) is 0 Å². The van der Waals surface area contributed by atoms with Gasteiger partial charge < -0.3 is 24.3 Å².